The van der Waals surface area contributed by atoms with Crippen LogP contribution in [0.5, 0.6) is 0 Å². The third-order valence-electron chi connectivity index (χ3n) is 3.41. The van der Waals surface area contributed by atoms with Crippen LogP contribution in [0.2, 0.25) is 5.02 Å². The van der Waals surface area contributed by atoms with Crippen molar-refractivity contribution in [3.63, 3.8) is 0 Å². The van der Waals surface area contributed by atoms with E-state index in [1.54, 1.807) is 23.7 Å². The first-order valence-corrected chi connectivity index (χ1v) is 6.93. The van der Waals surface area contributed by atoms with Crippen LogP contribution >= 0.6 is 11.6 Å². The average molecular weight is 297 g/mol. The lowest BCUT2D eigenvalue weighted by atomic mass is 9.91. The van der Waals surface area contributed by atoms with Gasteiger partial charge in [0, 0.05) is 13.0 Å². The molecule has 0 saturated heterocycles. The van der Waals surface area contributed by atoms with Crippen LogP contribution in [0, 0.1) is 12.7 Å². The fourth-order valence-electron chi connectivity index (χ4n) is 2.29. The molecule has 1 aromatic heterocycles. The summed E-state index contributed by atoms with van der Waals surface area (Å²) in [7, 11) is 0. The minimum atomic E-state index is -1.20. The molecule has 1 atom stereocenters. The van der Waals surface area contributed by atoms with Crippen LogP contribution in [0.4, 0.5) is 4.39 Å². The van der Waals surface area contributed by atoms with Crippen molar-refractivity contribution in [3.05, 3.63) is 52.1 Å². The van der Waals surface area contributed by atoms with Gasteiger partial charge in [-0.2, -0.15) is 5.10 Å². The van der Waals surface area contributed by atoms with Crippen LogP contribution in [0.25, 0.3) is 0 Å². The zero-order valence-corrected chi connectivity index (χ0v) is 12.6. The second-order valence-electron chi connectivity index (χ2n) is 5.12. The van der Waals surface area contributed by atoms with Crippen molar-refractivity contribution >= 4 is 11.6 Å². The summed E-state index contributed by atoms with van der Waals surface area (Å²) >= 11 is 6.25. The highest BCUT2D eigenvalue weighted by molar-refractivity contribution is 6.31. The molecule has 108 valence electrons. The predicted molar refractivity (Wildman–Crippen MR) is 77.3 cm³/mol. The Labute approximate surface area is 123 Å². The molecule has 0 radical (unpaired) electrons. The molecule has 0 fully saturated rings. The normalized spacial score (nSPS) is 14.3. The van der Waals surface area contributed by atoms with Crippen molar-refractivity contribution in [2.45, 2.75) is 39.3 Å². The number of aliphatic hydroxyl groups is 1. The molecular weight excluding hydrogens is 279 g/mol. The standard InChI is InChI=1S/C15H18ClFN2O/c1-4-19-13(14(16)10(2)18-19)9-15(3,20)11-6-5-7-12(17)8-11/h5-8,20H,4,9H2,1-3H3. The summed E-state index contributed by atoms with van der Waals surface area (Å²) in [5.41, 5.74) is 0.819. The van der Waals surface area contributed by atoms with Crippen molar-refractivity contribution in [1.82, 2.24) is 9.78 Å². The molecule has 0 spiro atoms. The van der Waals surface area contributed by atoms with Gasteiger partial charge in [0.1, 0.15) is 5.82 Å². The molecule has 0 saturated carbocycles. The lowest BCUT2D eigenvalue weighted by Gasteiger charge is -2.24. The van der Waals surface area contributed by atoms with E-state index in [-0.39, 0.29) is 12.2 Å². The van der Waals surface area contributed by atoms with Gasteiger partial charge in [0.05, 0.1) is 22.0 Å². The summed E-state index contributed by atoms with van der Waals surface area (Å²) in [6.45, 7) is 6.11. The zero-order chi connectivity index (χ0) is 14.9. The van der Waals surface area contributed by atoms with Gasteiger partial charge in [-0.15, -0.1) is 0 Å². The molecule has 2 aromatic rings. The molecule has 0 amide bonds. The minimum absolute atomic E-state index is 0.282. The molecule has 3 nitrogen and oxygen atoms in total. The first-order chi connectivity index (χ1) is 9.35. The lowest BCUT2D eigenvalue weighted by Crippen LogP contribution is -2.26. The highest BCUT2D eigenvalue weighted by Crippen LogP contribution is 2.30. The van der Waals surface area contributed by atoms with E-state index >= 15 is 0 Å². The highest BCUT2D eigenvalue weighted by atomic mass is 35.5. The van der Waals surface area contributed by atoms with Gasteiger partial charge >= 0.3 is 0 Å². The van der Waals surface area contributed by atoms with Crippen molar-refractivity contribution in [3.8, 4) is 0 Å². The van der Waals surface area contributed by atoms with Gasteiger partial charge in [-0.1, -0.05) is 23.7 Å². The fourth-order valence-corrected chi connectivity index (χ4v) is 2.49. The zero-order valence-electron chi connectivity index (χ0n) is 11.8. The van der Waals surface area contributed by atoms with E-state index in [1.807, 2.05) is 13.8 Å². The second kappa shape index (κ2) is 5.54. The largest absolute Gasteiger partial charge is 0.385 e. The Morgan fingerprint density at radius 1 is 1.45 bits per heavy atom. The number of aryl methyl sites for hydroxylation is 2. The Hall–Kier alpha value is -1.39. The van der Waals surface area contributed by atoms with E-state index in [1.165, 1.54) is 12.1 Å². The molecule has 0 aliphatic rings. The maximum absolute atomic E-state index is 13.3. The first kappa shape index (κ1) is 15.0. The first-order valence-electron chi connectivity index (χ1n) is 6.55. The SMILES string of the molecule is CCn1nc(C)c(Cl)c1CC(C)(O)c1cccc(F)c1. The van der Waals surface area contributed by atoms with Crippen molar-refractivity contribution in [2.75, 3.05) is 0 Å². The Kier molecular flexibility index (Phi) is 4.16. The molecule has 2 rings (SSSR count). The predicted octanol–water partition coefficient (Wildman–Crippen LogP) is 3.45. The van der Waals surface area contributed by atoms with Gasteiger partial charge in [0.15, 0.2) is 0 Å². The molecule has 1 N–H and O–H groups in total. The number of rotatable bonds is 4. The maximum Gasteiger partial charge on any atom is 0.123 e. The molecule has 0 aliphatic heterocycles. The summed E-state index contributed by atoms with van der Waals surface area (Å²) in [5.74, 6) is -0.367. The van der Waals surface area contributed by atoms with Gasteiger partial charge in [-0.25, -0.2) is 4.39 Å². The number of benzene rings is 1. The van der Waals surface area contributed by atoms with Crippen LogP contribution in [0.15, 0.2) is 24.3 Å². The van der Waals surface area contributed by atoms with E-state index in [4.69, 9.17) is 11.6 Å². The molecular formula is C15H18ClFN2O. The average Bonchev–Trinajstić information content (AvgIpc) is 2.66. The van der Waals surface area contributed by atoms with Crippen LogP contribution < -0.4 is 0 Å². The van der Waals surface area contributed by atoms with E-state index in [9.17, 15) is 9.50 Å². The number of nitrogens with zero attached hydrogens (tertiary/aromatic N) is 2. The molecule has 0 bridgehead atoms. The van der Waals surface area contributed by atoms with Crippen molar-refractivity contribution < 1.29 is 9.50 Å². The number of hydrogen-bond acceptors (Lipinski definition) is 2. The van der Waals surface area contributed by atoms with E-state index in [0.717, 1.165) is 11.4 Å². The Balaban J connectivity index is 2.37. The minimum Gasteiger partial charge on any atom is -0.385 e. The Bertz CT molecular complexity index is 622. The highest BCUT2D eigenvalue weighted by Gasteiger charge is 2.28. The Morgan fingerprint density at radius 2 is 2.15 bits per heavy atom. The third-order valence-corrected chi connectivity index (χ3v) is 3.90. The van der Waals surface area contributed by atoms with Gasteiger partial charge in [0.2, 0.25) is 0 Å². The summed E-state index contributed by atoms with van der Waals surface area (Å²) in [5, 5.41) is 15.5. The maximum atomic E-state index is 13.3. The van der Waals surface area contributed by atoms with Crippen LogP contribution in [0.3, 0.4) is 0 Å². The molecule has 5 heteroatoms. The van der Waals surface area contributed by atoms with E-state index in [2.05, 4.69) is 5.10 Å². The molecule has 1 heterocycles. The number of halogens is 2. The molecule has 1 unspecified atom stereocenters. The smallest absolute Gasteiger partial charge is 0.123 e. The van der Waals surface area contributed by atoms with Gasteiger partial charge in [0.25, 0.3) is 0 Å². The summed E-state index contributed by atoms with van der Waals surface area (Å²) in [6, 6.07) is 5.99. The van der Waals surface area contributed by atoms with E-state index < -0.39 is 5.60 Å². The van der Waals surface area contributed by atoms with Gasteiger partial charge in [-0.3, -0.25) is 4.68 Å². The third kappa shape index (κ3) is 2.86. The summed E-state index contributed by atoms with van der Waals surface area (Å²) in [4.78, 5) is 0. The van der Waals surface area contributed by atoms with Gasteiger partial charge in [-0.05, 0) is 38.5 Å². The van der Waals surface area contributed by atoms with E-state index in [0.29, 0.717) is 17.1 Å². The van der Waals surface area contributed by atoms with Crippen LogP contribution in [-0.2, 0) is 18.6 Å². The number of aromatic nitrogens is 2. The summed E-state index contributed by atoms with van der Waals surface area (Å²) in [6.07, 6.45) is 0.282. The Morgan fingerprint density at radius 3 is 2.75 bits per heavy atom. The topological polar surface area (TPSA) is 38.0 Å². The van der Waals surface area contributed by atoms with Crippen LogP contribution in [-0.4, -0.2) is 14.9 Å². The number of hydrogen-bond donors (Lipinski definition) is 1. The monoisotopic (exact) mass is 296 g/mol. The fraction of sp³-hybridized carbons (Fsp3) is 0.400. The van der Waals surface area contributed by atoms with Crippen molar-refractivity contribution in [2.24, 2.45) is 0 Å². The second-order valence-corrected chi connectivity index (χ2v) is 5.50. The lowest BCUT2D eigenvalue weighted by molar-refractivity contribution is 0.0551. The van der Waals surface area contributed by atoms with Crippen LogP contribution in [0.1, 0.15) is 30.8 Å². The molecule has 1 aromatic carbocycles. The molecule has 20 heavy (non-hydrogen) atoms. The summed E-state index contributed by atoms with van der Waals surface area (Å²) < 4.78 is 15.1. The molecule has 0 aliphatic carbocycles. The van der Waals surface area contributed by atoms with Crippen molar-refractivity contribution in [1.29, 1.82) is 0 Å². The quantitative estimate of drug-likeness (QED) is 0.938. The van der Waals surface area contributed by atoms with Gasteiger partial charge < -0.3 is 5.11 Å².